The van der Waals surface area contributed by atoms with Crippen molar-refractivity contribution in [3.8, 4) is 0 Å². The second kappa shape index (κ2) is 6.36. The van der Waals surface area contributed by atoms with E-state index in [0.29, 0.717) is 11.6 Å². The Hall–Kier alpha value is -1.12. The molecule has 1 heterocycles. The number of benzene rings is 1. The van der Waals surface area contributed by atoms with Crippen molar-refractivity contribution >= 4 is 23.2 Å². The quantitative estimate of drug-likeness (QED) is 0.768. The fraction of sp³-hybridized carbons (Fsp3) is 0.333. The highest BCUT2D eigenvalue weighted by Gasteiger charge is 2.10. The summed E-state index contributed by atoms with van der Waals surface area (Å²) in [5.74, 6) is 0.819. The third kappa shape index (κ3) is 3.68. The normalized spacial score (nSPS) is 10.7. The van der Waals surface area contributed by atoms with Gasteiger partial charge in [-0.2, -0.15) is 0 Å². The fourth-order valence-corrected chi connectivity index (χ4v) is 2.52. The summed E-state index contributed by atoms with van der Waals surface area (Å²) in [6.07, 6.45) is 2.58. The average Bonchev–Trinajstić information content (AvgIpc) is 2.34. The monoisotopic (exact) mass is 294 g/mol. The molecule has 0 aliphatic heterocycles. The molecule has 1 aromatic heterocycles. The Morgan fingerprint density at radius 1 is 1.16 bits per heavy atom. The second-order valence-electron chi connectivity index (χ2n) is 4.55. The van der Waals surface area contributed by atoms with E-state index in [1.165, 1.54) is 0 Å². The molecule has 4 heteroatoms. The number of hydrogen-bond acceptors (Lipinski definition) is 2. The highest BCUT2D eigenvalue weighted by atomic mass is 35.5. The zero-order valence-electron chi connectivity index (χ0n) is 11.1. The first-order valence-corrected chi connectivity index (χ1v) is 7.12. The molecule has 0 atom stereocenters. The number of halogens is 2. The van der Waals surface area contributed by atoms with Gasteiger partial charge in [0.1, 0.15) is 11.0 Å². The van der Waals surface area contributed by atoms with Crippen LogP contribution >= 0.6 is 23.2 Å². The summed E-state index contributed by atoms with van der Waals surface area (Å²) in [6, 6.07) is 7.77. The van der Waals surface area contributed by atoms with Crippen LogP contribution in [-0.2, 0) is 12.8 Å². The van der Waals surface area contributed by atoms with Gasteiger partial charge in [0.25, 0.3) is 0 Å². The van der Waals surface area contributed by atoms with Crippen LogP contribution in [0.25, 0.3) is 0 Å². The Kier molecular flexibility index (Phi) is 4.78. The highest BCUT2D eigenvalue weighted by molar-refractivity contribution is 6.30. The number of rotatable bonds is 4. The molecular weight excluding hydrogens is 279 g/mol. The van der Waals surface area contributed by atoms with Gasteiger partial charge >= 0.3 is 0 Å². The standard InChI is InChI=1S/C15H16Cl2N2/c1-3-5-14-18-10(2)13(15(17)19-14)9-11-6-4-7-12(16)8-11/h4,6-8H,3,5,9H2,1-2H3. The minimum absolute atomic E-state index is 0.552. The van der Waals surface area contributed by atoms with Crippen molar-refractivity contribution in [1.82, 2.24) is 9.97 Å². The third-order valence-electron chi connectivity index (χ3n) is 2.95. The van der Waals surface area contributed by atoms with E-state index < -0.39 is 0 Å². The molecule has 0 radical (unpaired) electrons. The van der Waals surface area contributed by atoms with Gasteiger partial charge in [0.15, 0.2) is 0 Å². The van der Waals surface area contributed by atoms with E-state index in [0.717, 1.165) is 40.5 Å². The van der Waals surface area contributed by atoms with Gasteiger partial charge in [-0.3, -0.25) is 0 Å². The Labute approximate surface area is 123 Å². The number of nitrogens with zero attached hydrogens (tertiary/aromatic N) is 2. The van der Waals surface area contributed by atoms with Crippen molar-refractivity contribution in [2.75, 3.05) is 0 Å². The zero-order valence-corrected chi connectivity index (χ0v) is 12.6. The topological polar surface area (TPSA) is 25.8 Å². The Morgan fingerprint density at radius 3 is 2.58 bits per heavy atom. The summed E-state index contributed by atoms with van der Waals surface area (Å²) < 4.78 is 0. The molecule has 19 heavy (non-hydrogen) atoms. The van der Waals surface area contributed by atoms with E-state index in [2.05, 4.69) is 16.9 Å². The average molecular weight is 295 g/mol. The fourth-order valence-electron chi connectivity index (χ4n) is 2.00. The van der Waals surface area contributed by atoms with Crippen molar-refractivity contribution in [1.29, 1.82) is 0 Å². The molecule has 100 valence electrons. The van der Waals surface area contributed by atoms with Crippen LogP contribution in [0, 0.1) is 6.92 Å². The molecule has 2 rings (SSSR count). The van der Waals surface area contributed by atoms with Gasteiger partial charge in [0.2, 0.25) is 0 Å². The largest absolute Gasteiger partial charge is 0.238 e. The minimum Gasteiger partial charge on any atom is -0.238 e. The summed E-state index contributed by atoms with van der Waals surface area (Å²) in [4.78, 5) is 8.88. The summed E-state index contributed by atoms with van der Waals surface area (Å²) >= 11 is 12.3. The molecule has 0 amide bonds. The molecule has 0 spiro atoms. The van der Waals surface area contributed by atoms with Crippen LogP contribution in [0.3, 0.4) is 0 Å². The lowest BCUT2D eigenvalue weighted by Crippen LogP contribution is -2.03. The van der Waals surface area contributed by atoms with E-state index >= 15 is 0 Å². The van der Waals surface area contributed by atoms with E-state index in [1.54, 1.807) is 0 Å². The third-order valence-corrected chi connectivity index (χ3v) is 3.50. The molecule has 0 aliphatic carbocycles. The predicted molar refractivity (Wildman–Crippen MR) is 80.0 cm³/mol. The van der Waals surface area contributed by atoms with Gasteiger partial charge in [-0.25, -0.2) is 9.97 Å². The molecule has 0 N–H and O–H groups in total. The molecule has 2 aromatic rings. The predicted octanol–water partition coefficient (Wildman–Crippen LogP) is 4.64. The molecule has 0 fully saturated rings. The SMILES string of the molecule is CCCc1nc(C)c(Cc2cccc(Cl)c2)c(Cl)n1. The number of aryl methyl sites for hydroxylation is 2. The van der Waals surface area contributed by atoms with Crippen molar-refractivity contribution in [3.05, 3.63) is 57.1 Å². The molecule has 2 nitrogen and oxygen atoms in total. The second-order valence-corrected chi connectivity index (χ2v) is 5.35. The minimum atomic E-state index is 0.552. The highest BCUT2D eigenvalue weighted by Crippen LogP contribution is 2.22. The Balaban J connectivity index is 2.30. The van der Waals surface area contributed by atoms with Crippen LogP contribution in [-0.4, -0.2) is 9.97 Å². The van der Waals surface area contributed by atoms with Gasteiger partial charge in [0, 0.05) is 29.1 Å². The first-order valence-electron chi connectivity index (χ1n) is 6.36. The van der Waals surface area contributed by atoms with Gasteiger partial charge in [0.05, 0.1) is 0 Å². The zero-order chi connectivity index (χ0) is 13.8. The summed E-state index contributed by atoms with van der Waals surface area (Å²) in [7, 11) is 0. The number of hydrogen-bond donors (Lipinski definition) is 0. The summed E-state index contributed by atoms with van der Waals surface area (Å²) in [5, 5.41) is 1.28. The first kappa shape index (κ1) is 14.3. The van der Waals surface area contributed by atoms with E-state index in [1.807, 2.05) is 31.2 Å². The van der Waals surface area contributed by atoms with Gasteiger partial charge in [-0.05, 0) is 31.0 Å². The van der Waals surface area contributed by atoms with Gasteiger partial charge < -0.3 is 0 Å². The maximum atomic E-state index is 6.28. The van der Waals surface area contributed by atoms with Crippen molar-refractivity contribution in [3.63, 3.8) is 0 Å². The van der Waals surface area contributed by atoms with Crippen molar-refractivity contribution in [2.24, 2.45) is 0 Å². The molecule has 0 bridgehead atoms. The van der Waals surface area contributed by atoms with Crippen LogP contribution in [0.4, 0.5) is 0 Å². The lowest BCUT2D eigenvalue weighted by atomic mass is 10.1. The maximum absolute atomic E-state index is 6.28. The lowest BCUT2D eigenvalue weighted by molar-refractivity contribution is 0.815. The van der Waals surface area contributed by atoms with Crippen LogP contribution in [0.15, 0.2) is 24.3 Å². The summed E-state index contributed by atoms with van der Waals surface area (Å²) in [5.41, 5.74) is 3.04. The van der Waals surface area contributed by atoms with Crippen molar-refractivity contribution in [2.45, 2.75) is 33.1 Å². The summed E-state index contributed by atoms with van der Waals surface area (Å²) in [6.45, 7) is 4.08. The first-order chi connectivity index (χ1) is 9.10. The Bertz CT molecular complexity index is 559. The van der Waals surface area contributed by atoms with Crippen LogP contribution in [0.2, 0.25) is 10.2 Å². The molecule has 0 unspecified atom stereocenters. The maximum Gasteiger partial charge on any atom is 0.136 e. The van der Waals surface area contributed by atoms with Gasteiger partial charge in [-0.15, -0.1) is 0 Å². The van der Waals surface area contributed by atoms with Crippen LogP contribution in [0.1, 0.15) is 36.0 Å². The molecule has 1 aromatic carbocycles. The van der Waals surface area contributed by atoms with Crippen molar-refractivity contribution < 1.29 is 0 Å². The Morgan fingerprint density at radius 2 is 1.95 bits per heavy atom. The lowest BCUT2D eigenvalue weighted by Gasteiger charge is -2.09. The van der Waals surface area contributed by atoms with Crippen LogP contribution in [0.5, 0.6) is 0 Å². The van der Waals surface area contributed by atoms with E-state index in [4.69, 9.17) is 23.2 Å². The number of aromatic nitrogens is 2. The molecule has 0 aliphatic rings. The van der Waals surface area contributed by atoms with E-state index in [-0.39, 0.29) is 0 Å². The molecular formula is C15H16Cl2N2. The van der Waals surface area contributed by atoms with Gasteiger partial charge in [-0.1, -0.05) is 42.3 Å². The molecule has 0 saturated heterocycles. The van der Waals surface area contributed by atoms with Crippen LogP contribution < -0.4 is 0 Å². The smallest absolute Gasteiger partial charge is 0.136 e. The molecule has 0 saturated carbocycles. The van der Waals surface area contributed by atoms with E-state index in [9.17, 15) is 0 Å².